The van der Waals surface area contributed by atoms with Crippen molar-refractivity contribution in [1.29, 1.82) is 0 Å². The first-order chi connectivity index (χ1) is 11.8. The summed E-state index contributed by atoms with van der Waals surface area (Å²) in [5.41, 5.74) is 7.70. The highest BCUT2D eigenvalue weighted by molar-refractivity contribution is 6.30. The molecule has 1 aromatic heterocycles. The second-order valence-corrected chi connectivity index (χ2v) is 7.09. The normalized spacial score (nSPS) is 22.8. The Morgan fingerprint density at radius 1 is 1.16 bits per heavy atom. The van der Waals surface area contributed by atoms with Crippen LogP contribution in [0.2, 0.25) is 5.02 Å². The van der Waals surface area contributed by atoms with Crippen LogP contribution in [0.1, 0.15) is 43.0 Å². The van der Waals surface area contributed by atoms with E-state index >= 15 is 0 Å². The van der Waals surface area contributed by atoms with Gasteiger partial charge in [0.25, 0.3) is 0 Å². The van der Waals surface area contributed by atoms with Gasteiger partial charge in [0.1, 0.15) is 5.69 Å². The number of rotatable bonds is 4. The summed E-state index contributed by atoms with van der Waals surface area (Å²) in [7, 11) is 0. The Kier molecular flexibility index (Phi) is 5.34. The molecule has 1 heterocycles. The molecule has 1 aliphatic rings. The molecule has 1 unspecified atom stereocenters. The SMILES string of the molecule is NC(c1ccc(Cl)cc1)c1cn(CC2CCC(C(F)(F)F)CC2)nn1. The first kappa shape index (κ1) is 18.2. The Hall–Kier alpha value is -1.60. The quantitative estimate of drug-likeness (QED) is 0.868. The van der Waals surface area contributed by atoms with E-state index in [1.165, 1.54) is 0 Å². The van der Waals surface area contributed by atoms with Crippen LogP contribution in [0.3, 0.4) is 0 Å². The van der Waals surface area contributed by atoms with Gasteiger partial charge < -0.3 is 5.73 Å². The summed E-state index contributed by atoms with van der Waals surface area (Å²) < 4.78 is 39.9. The molecule has 0 aliphatic heterocycles. The molecule has 0 spiro atoms. The van der Waals surface area contributed by atoms with Crippen molar-refractivity contribution in [3.8, 4) is 0 Å². The first-order valence-electron chi connectivity index (χ1n) is 8.30. The van der Waals surface area contributed by atoms with Crippen LogP contribution in [0.15, 0.2) is 30.5 Å². The smallest absolute Gasteiger partial charge is 0.319 e. The van der Waals surface area contributed by atoms with Gasteiger partial charge in [0, 0.05) is 11.6 Å². The van der Waals surface area contributed by atoms with Crippen LogP contribution in [-0.2, 0) is 6.54 Å². The number of hydrogen-bond donors (Lipinski definition) is 1. The van der Waals surface area contributed by atoms with Crippen molar-refractivity contribution in [1.82, 2.24) is 15.0 Å². The average molecular weight is 373 g/mol. The third-order valence-electron chi connectivity index (χ3n) is 4.86. The maximum absolute atomic E-state index is 12.7. The van der Waals surface area contributed by atoms with Crippen molar-refractivity contribution in [3.05, 3.63) is 46.7 Å². The van der Waals surface area contributed by atoms with Crippen LogP contribution in [-0.4, -0.2) is 21.2 Å². The molecule has 2 aromatic rings. The van der Waals surface area contributed by atoms with Crippen LogP contribution in [0, 0.1) is 11.8 Å². The molecule has 0 radical (unpaired) electrons. The van der Waals surface area contributed by atoms with E-state index in [0.717, 1.165) is 5.56 Å². The predicted molar refractivity (Wildman–Crippen MR) is 89.0 cm³/mol. The number of aromatic nitrogens is 3. The summed E-state index contributed by atoms with van der Waals surface area (Å²) >= 11 is 5.87. The summed E-state index contributed by atoms with van der Waals surface area (Å²) in [6.45, 7) is 0.574. The van der Waals surface area contributed by atoms with Crippen molar-refractivity contribution >= 4 is 11.6 Å². The summed E-state index contributed by atoms with van der Waals surface area (Å²) in [4.78, 5) is 0. The molecule has 1 aliphatic carbocycles. The van der Waals surface area contributed by atoms with E-state index in [2.05, 4.69) is 10.3 Å². The topological polar surface area (TPSA) is 56.7 Å². The zero-order chi connectivity index (χ0) is 18.0. The van der Waals surface area contributed by atoms with Crippen molar-refractivity contribution in [3.63, 3.8) is 0 Å². The third-order valence-corrected chi connectivity index (χ3v) is 5.11. The highest BCUT2D eigenvalue weighted by Crippen LogP contribution is 2.39. The van der Waals surface area contributed by atoms with Gasteiger partial charge in [0.05, 0.1) is 18.2 Å². The zero-order valence-electron chi connectivity index (χ0n) is 13.6. The molecule has 8 heteroatoms. The zero-order valence-corrected chi connectivity index (χ0v) is 14.3. The molecule has 1 atom stereocenters. The molecule has 1 aromatic carbocycles. The minimum atomic E-state index is -4.07. The monoisotopic (exact) mass is 372 g/mol. The van der Waals surface area contributed by atoms with E-state index in [0.29, 0.717) is 30.1 Å². The van der Waals surface area contributed by atoms with Gasteiger partial charge in [0.2, 0.25) is 0 Å². The van der Waals surface area contributed by atoms with Crippen molar-refractivity contribution < 1.29 is 13.2 Å². The lowest BCUT2D eigenvalue weighted by molar-refractivity contribution is -0.184. The Morgan fingerprint density at radius 3 is 2.40 bits per heavy atom. The lowest BCUT2D eigenvalue weighted by Crippen LogP contribution is -2.29. The molecule has 3 rings (SSSR count). The number of nitrogens with two attached hydrogens (primary N) is 1. The molecule has 0 saturated heterocycles. The molecule has 136 valence electrons. The standard InChI is InChI=1S/C17H20ClF3N4/c18-14-7-3-12(4-8-14)16(22)15-10-25(24-23-15)9-11-1-5-13(6-2-11)17(19,20)21/h3-4,7-8,10-11,13,16H,1-2,5-6,9,22H2. The van der Waals surface area contributed by atoms with Crippen LogP contribution < -0.4 is 5.73 Å². The van der Waals surface area contributed by atoms with Gasteiger partial charge in [-0.15, -0.1) is 5.10 Å². The van der Waals surface area contributed by atoms with Crippen LogP contribution in [0.5, 0.6) is 0 Å². The average Bonchev–Trinajstić information content (AvgIpc) is 3.03. The fourth-order valence-corrected chi connectivity index (χ4v) is 3.45. The maximum atomic E-state index is 12.7. The van der Waals surface area contributed by atoms with E-state index < -0.39 is 18.1 Å². The molecule has 0 bridgehead atoms. The summed E-state index contributed by atoms with van der Waals surface area (Å²) in [6, 6.07) is 6.79. The lowest BCUT2D eigenvalue weighted by Gasteiger charge is -2.29. The van der Waals surface area contributed by atoms with Crippen LogP contribution in [0.4, 0.5) is 13.2 Å². The molecule has 1 fully saturated rings. The van der Waals surface area contributed by atoms with Crippen LogP contribution in [0.25, 0.3) is 0 Å². The van der Waals surface area contributed by atoms with E-state index in [4.69, 9.17) is 17.3 Å². The van der Waals surface area contributed by atoms with Crippen LogP contribution >= 0.6 is 11.6 Å². The number of halogens is 4. The van der Waals surface area contributed by atoms with Crippen molar-refractivity contribution in [2.75, 3.05) is 0 Å². The summed E-state index contributed by atoms with van der Waals surface area (Å²) in [6.07, 6.45) is -0.795. The van der Waals surface area contributed by atoms with Gasteiger partial charge in [-0.1, -0.05) is 28.9 Å². The van der Waals surface area contributed by atoms with E-state index in [-0.39, 0.29) is 18.8 Å². The highest BCUT2D eigenvalue weighted by Gasteiger charge is 2.41. The van der Waals surface area contributed by atoms with Gasteiger partial charge in [-0.3, -0.25) is 4.68 Å². The molecule has 4 nitrogen and oxygen atoms in total. The Balaban J connectivity index is 1.58. The summed E-state index contributed by atoms with van der Waals surface area (Å²) in [5.74, 6) is -0.965. The van der Waals surface area contributed by atoms with Gasteiger partial charge >= 0.3 is 6.18 Å². The Labute approximate surface area is 149 Å². The largest absolute Gasteiger partial charge is 0.391 e. The fraction of sp³-hybridized carbons (Fsp3) is 0.529. The Morgan fingerprint density at radius 2 is 1.80 bits per heavy atom. The van der Waals surface area contributed by atoms with Crippen molar-refractivity contribution in [2.45, 2.75) is 44.4 Å². The molecule has 2 N–H and O–H groups in total. The molecule has 0 amide bonds. The van der Waals surface area contributed by atoms with Gasteiger partial charge in [-0.2, -0.15) is 13.2 Å². The first-order valence-corrected chi connectivity index (χ1v) is 8.68. The second kappa shape index (κ2) is 7.33. The molecular formula is C17H20ClF3N4. The van der Waals surface area contributed by atoms with Gasteiger partial charge in [-0.05, 0) is 49.3 Å². The third kappa shape index (κ3) is 4.52. The van der Waals surface area contributed by atoms with E-state index in [9.17, 15) is 13.2 Å². The molecular weight excluding hydrogens is 353 g/mol. The van der Waals surface area contributed by atoms with Crippen molar-refractivity contribution in [2.24, 2.45) is 17.6 Å². The molecule has 1 saturated carbocycles. The summed E-state index contributed by atoms with van der Waals surface area (Å²) in [5, 5.41) is 8.82. The maximum Gasteiger partial charge on any atom is 0.391 e. The highest BCUT2D eigenvalue weighted by atomic mass is 35.5. The minimum absolute atomic E-state index is 0.194. The lowest BCUT2D eigenvalue weighted by atomic mass is 9.81. The van der Waals surface area contributed by atoms with E-state index in [1.54, 1.807) is 23.0 Å². The predicted octanol–water partition coefficient (Wildman–Crippen LogP) is 4.35. The molecule has 25 heavy (non-hydrogen) atoms. The number of benzene rings is 1. The Bertz CT molecular complexity index is 691. The van der Waals surface area contributed by atoms with E-state index in [1.807, 2.05) is 12.1 Å². The number of nitrogens with zero attached hydrogens (tertiary/aromatic N) is 3. The number of hydrogen-bond acceptors (Lipinski definition) is 3. The second-order valence-electron chi connectivity index (χ2n) is 6.65. The number of alkyl halides is 3. The minimum Gasteiger partial charge on any atom is -0.319 e. The van der Waals surface area contributed by atoms with Gasteiger partial charge in [-0.25, -0.2) is 0 Å². The fourth-order valence-electron chi connectivity index (χ4n) is 3.32. The van der Waals surface area contributed by atoms with Gasteiger partial charge in [0.15, 0.2) is 0 Å².